The van der Waals surface area contributed by atoms with Gasteiger partial charge in [0.25, 0.3) is 0 Å². The molecule has 8 heteroatoms. The van der Waals surface area contributed by atoms with E-state index in [1.807, 2.05) is 0 Å². The first kappa shape index (κ1) is 16.9. The third-order valence-electron chi connectivity index (χ3n) is 3.74. The Balaban J connectivity index is 2.19. The highest BCUT2D eigenvalue weighted by Gasteiger charge is 2.30. The summed E-state index contributed by atoms with van der Waals surface area (Å²) in [6.07, 6.45) is 1.70. The number of carboxylic acids is 1. The van der Waals surface area contributed by atoms with Crippen LogP contribution in [0.3, 0.4) is 0 Å². The first-order valence-corrected chi connectivity index (χ1v) is 8.81. The number of benzene rings is 1. The number of hydrogen-bond acceptors (Lipinski definition) is 4. The Hall–Kier alpha value is -1.51. The van der Waals surface area contributed by atoms with E-state index in [0.29, 0.717) is 31.6 Å². The molecule has 1 fully saturated rings. The van der Waals surface area contributed by atoms with Crippen molar-refractivity contribution in [2.45, 2.75) is 12.5 Å². The molecule has 2 rings (SSSR count). The molecule has 0 bridgehead atoms. The summed E-state index contributed by atoms with van der Waals surface area (Å²) in [4.78, 5) is 13.3. The summed E-state index contributed by atoms with van der Waals surface area (Å²) in [5.41, 5.74) is 0.488. The predicted molar refractivity (Wildman–Crippen MR) is 79.4 cm³/mol. The van der Waals surface area contributed by atoms with E-state index < -0.39 is 27.9 Å². The minimum atomic E-state index is -3.28. The van der Waals surface area contributed by atoms with Gasteiger partial charge in [0, 0.05) is 26.2 Å². The number of sulfonamides is 1. The van der Waals surface area contributed by atoms with Crippen molar-refractivity contribution in [3.8, 4) is 0 Å². The van der Waals surface area contributed by atoms with E-state index in [9.17, 15) is 22.7 Å². The van der Waals surface area contributed by atoms with Gasteiger partial charge in [-0.25, -0.2) is 17.1 Å². The number of aliphatic carboxylic acids is 1. The van der Waals surface area contributed by atoms with Crippen LogP contribution < -0.4 is 0 Å². The van der Waals surface area contributed by atoms with E-state index >= 15 is 0 Å². The topological polar surface area (TPSA) is 77.9 Å². The molecule has 0 saturated carbocycles. The van der Waals surface area contributed by atoms with E-state index in [4.69, 9.17) is 0 Å². The third kappa shape index (κ3) is 4.02. The first-order valence-electron chi connectivity index (χ1n) is 6.96. The van der Waals surface area contributed by atoms with Gasteiger partial charge in [-0.05, 0) is 24.1 Å². The number of nitrogens with zero attached hydrogens (tertiary/aromatic N) is 2. The zero-order valence-corrected chi connectivity index (χ0v) is 13.1. The second kappa shape index (κ2) is 6.72. The summed E-state index contributed by atoms with van der Waals surface area (Å²) >= 11 is 0. The third-order valence-corrected chi connectivity index (χ3v) is 5.05. The molecule has 1 aliphatic rings. The fourth-order valence-electron chi connectivity index (χ4n) is 2.66. The van der Waals surface area contributed by atoms with Gasteiger partial charge in [-0.15, -0.1) is 0 Å². The maximum atomic E-state index is 13.0. The van der Waals surface area contributed by atoms with Gasteiger partial charge < -0.3 is 5.11 Å². The van der Waals surface area contributed by atoms with Crippen molar-refractivity contribution in [1.29, 1.82) is 0 Å². The maximum absolute atomic E-state index is 13.0. The molecule has 0 amide bonds. The second-order valence-electron chi connectivity index (χ2n) is 5.34. The van der Waals surface area contributed by atoms with Gasteiger partial charge in [-0.2, -0.15) is 0 Å². The number of hydrogen-bond donors (Lipinski definition) is 1. The van der Waals surface area contributed by atoms with Crippen LogP contribution in [0.5, 0.6) is 0 Å². The highest BCUT2D eigenvalue weighted by Crippen LogP contribution is 2.23. The zero-order chi connectivity index (χ0) is 16.3. The van der Waals surface area contributed by atoms with E-state index in [1.54, 1.807) is 4.90 Å². The molecular formula is C14H19FN2O4S. The van der Waals surface area contributed by atoms with Gasteiger partial charge in [0.05, 0.1) is 6.26 Å². The van der Waals surface area contributed by atoms with Gasteiger partial charge in [-0.3, -0.25) is 9.69 Å². The highest BCUT2D eigenvalue weighted by atomic mass is 32.2. The predicted octanol–water partition coefficient (Wildman–Crippen LogP) is 0.919. The summed E-state index contributed by atoms with van der Waals surface area (Å²) in [7, 11) is -3.28. The molecule has 122 valence electrons. The van der Waals surface area contributed by atoms with Crippen molar-refractivity contribution < 1.29 is 22.7 Å². The molecule has 1 unspecified atom stereocenters. The molecule has 1 saturated heterocycles. The van der Waals surface area contributed by atoms with Crippen LogP contribution in [-0.2, 0) is 14.8 Å². The van der Waals surface area contributed by atoms with Crippen LogP contribution in [0.15, 0.2) is 24.3 Å². The molecule has 0 aromatic heterocycles. The van der Waals surface area contributed by atoms with Crippen LogP contribution in [0, 0.1) is 5.82 Å². The van der Waals surface area contributed by atoms with Crippen molar-refractivity contribution in [2.24, 2.45) is 0 Å². The van der Waals surface area contributed by atoms with Gasteiger partial charge in [0.2, 0.25) is 10.0 Å². The quantitative estimate of drug-likeness (QED) is 0.888. The van der Waals surface area contributed by atoms with Crippen LogP contribution in [-0.4, -0.2) is 61.1 Å². The van der Waals surface area contributed by atoms with Crippen molar-refractivity contribution in [1.82, 2.24) is 9.21 Å². The van der Waals surface area contributed by atoms with E-state index in [-0.39, 0.29) is 6.54 Å². The SMILES string of the molecule is CS(=O)(=O)N1CCCN(C(C(=O)O)c2ccc(F)cc2)CC1. The Bertz CT molecular complexity index is 633. The van der Waals surface area contributed by atoms with Crippen molar-refractivity contribution >= 4 is 16.0 Å². The van der Waals surface area contributed by atoms with Crippen molar-refractivity contribution in [3.05, 3.63) is 35.6 Å². The molecule has 0 aliphatic carbocycles. The van der Waals surface area contributed by atoms with Crippen LogP contribution in [0.1, 0.15) is 18.0 Å². The molecule has 1 heterocycles. The molecule has 0 radical (unpaired) electrons. The highest BCUT2D eigenvalue weighted by molar-refractivity contribution is 7.88. The van der Waals surface area contributed by atoms with Crippen molar-refractivity contribution in [2.75, 3.05) is 32.4 Å². The summed E-state index contributed by atoms with van der Waals surface area (Å²) < 4.78 is 37.6. The Kier molecular flexibility index (Phi) is 5.15. The Labute approximate surface area is 129 Å². The van der Waals surface area contributed by atoms with Crippen molar-refractivity contribution in [3.63, 3.8) is 0 Å². The summed E-state index contributed by atoms with van der Waals surface area (Å²) in [5.74, 6) is -1.45. The number of carboxylic acid groups (broad SMARTS) is 1. The average Bonchev–Trinajstić information content (AvgIpc) is 2.66. The van der Waals surface area contributed by atoms with Crippen LogP contribution in [0.4, 0.5) is 4.39 Å². The minimum Gasteiger partial charge on any atom is -0.480 e. The Morgan fingerprint density at radius 3 is 2.36 bits per heavy atom. The summed E-state index contributed by atoms with van der Waals surface area (Å²) in [6, 6.07) is 4.46. The monoisotopic (exact) mass is 330 g/mol. The Morgan fingerprint density at radius 2 is 1.82 bits per heavy atom. The number of rotatable bonds is 4. The lowest BCUT2D eigenvalue weighted by atomic mass is 10.1. The average molecular weight is 330 g/mol. The lowest BCUT2D eigenvalue weighted by molar-refractivity contribution is -0.143. The molecule has 0 spiro atoms. The number of carbonyl (C=O) groups is 1. The fraction of sp³-hybridized carbons (Fsp3) is 0.500. The largest absolute Gasteiger partial charge is 0.480 e. The smallest absolute Gasteiger partial charge is 0.325 e. The van der Waals surface area contributed by atoms with Gasteiger partial charge in [0.15, 0.2) is 0 Å². The molecule has 22 heavy (non-hydrogen) atoms. The summed E-state index contributed by atoms with van der Waals surface area (Å²) in [5, 5.41) is 9.50. The molecule has 1 N–H and O–H groups in total. The van der Waals surface area contributed by atoms with Gasteiger partial charge in [-0.1, -0.05) is 12.1 Å². The second-order valence-corrected chi connectivity index (χ2v) is 7.33. The lowest BCUT2D eigenvalue weighted by Crippen LogP contribution is -2.38. The lowest BCUT2D eigenvalue weighted by Gasteiger charge is -2.27. The zero-order valence-electron chi connectivity index (χ0n) is 12.3. The van der Waals surface area contributed by atoms with E-state index in [1.165, 1.54) is 28.6 Å². The first-order chi connectivity index (χ1) is 10.3. The normalized spacial score (nSPS) is 19.5. The van der Waals surface area contributed by atoms with Crippen LogP contribution >= 0.6 is 0 Å². The molecule has 1 aromatic carbocycles. The van der Waals surface area contributed by atoms with Crippen LogP contribution in [0.25, 0.3) is 0 Å². The molecule has 1 atom stereocenters. The fourth-order valence-corrected chi connectivity index (χ4v) is 3.53. The molecule has 1 aromatic rings. The molecular weight excluding hydrogens is 311 g/mol. The van der Waals surface area contributed by atoms with E-state index in [0.717, 1.165) is 6.26 Å². The molecule has 1 aliphatic heterocycles. The van der Waals surface area contributed by atoms with Crippen LogP contribution in [0.2, 0.25) is 0 Å². The number of halogens is 1. The summed E-state index contributed by atoms with van der Waals surface area (Å²) in [6.45, 7) is 1.43. The minimum absolute atomic E-state index is 0.254. The maximum Gasteiger partial charge on any atom is 0.325 e. The van der Waals surface area contributed by atoms with Gasteiger partial charge >= 0.3 is 5.97 Å². The van der Waals surface area contributed by atoms with E-state index in [2.05, 4.69) is 0 Å². The van der Waals surface area contributed by atoms with Gasteiger partial charge in [0.1, 0.15) is 11.9 Å². The standard InChI is InChI=1S/C14H19FN2O4S/c1-22(20,21)17-8-2-7-16(9-10-17)13(14(18)19)11-3-5-12(15)6-4-11/h3-6,13H,2,7-10H2,1H3,(H,18,19). The molecule has 6 nitrogen and oxygen atoms in total. The Morgan fingerprint density at radius 1 is 1.18 bits per heavy atom.